The minimum absolute atomic E-state index is 1.04. The lowest BCUT2D eigenvalue weighted by Crippen LogP contribution is -1.96. The van der Waals surface area contributed by atoms with Gasteiger partial charge in [0.05, 0.1) is 0 Å². The van der Waals surface area contributed by atoms with Gasteiger partial charge < -0.3 is 4.74 Å². The van der Waals surface area contributed by atoms with E-state index in [1.165, 1.54) is 137 Å². The average Bonchev–Trinajstić information content (AvgIpc) is 3.08. The van der Waals surface area contributed by atoms with E-state index in [2.05, 4.69) is 112 Å². The van der Waals surface area contributed by atoms with Crippen LogP contribution in [0.1, 0.15) is 140 Å². The molecule has 0 radical (unpaired) electrons. The normalized spacial score (nSPS) is 10.9. The molecule has 0 bridgehead atoms. The number of para-hydroxylation sites is 2. The lowest BCUT2D eigenvalue weighted by Gasteiger charge is -2.14. The van der Waals surface area contributed by atoms with Crippen LogP contribution in [0.3, 0.4) is 0 Å². The first-order valence-corrected chi connectivity index (χ1v) is 18.6. The summed E-state index contributed by atoms with van der Waals surface area (Å²) < 4.78 is 6.46. The van der Waals surface area contributed by atoms with Gasteiger partial charge in [-0.1, -0.05) is 183 Å². The minimum atomic E-state index is 1.04. The zero-order chi connectivity index (χ0) is 31.8. The van der Waals surface area contributed by atoms with Crippen molar-refractivity contribution in [2.45, 2.75) is 143 Å². The molecule has 1 heteroatoms. The van der Waals surface area contributed by atoms with E-state index in [1.54, 1.807) is 0 Å². The molecule has 45 heavy (non-hydrogen) atoms. The second kappa shape index (κ2) is 23.3. The highest BCUT2D eigenvalue weighted by Crippen LogP contribution is 2.30. The Morgan fingerprint density at radius 2 is 0.756 bits per heavy atom. The molecule has 0 aromatic heterocycles. The molecule has 0 saturated heterocycles. The molecule has 0 amide bonds. The molecule has 4 aromatic carbocycles. The molecule has 0 N–H and O–H groups in total. The third-order valence-corrected chi connectivity index (χ3v) is 8.94. The van der Waals surface area contributed by atoms with Gasteiger partial charge in [-0.2, -0.15) is 0 Å². The van der Waals surface area contributed by atoms with Crippen LogP contribution in [-0.4, -0.2) is 0 Å². The quantitative estimate of drug-likeness (QED) is 0.0857. The summed E-state index contributed by atoms with van der Waals surface area (Å²) in [5.41, 5.74) is 4.19. The first-order valence-electron chi connectivity index (χ1n) is 18.6. The maximum Gasteiger partial charge on any atom is 0.130 e. The molecule has 244 valence electrons. The summed E-state index contributed by atoms with van der Waals surface area (Å²) in [6, 6.07) is 32.5. The smallest absolute Gasteiger partial charge is 0.130 e. The van der Waals surface area contributed by atoms with Gasteiger partial charge in [-0.3, -0.25) is 0 Å². The highest BCUT2D eigenvalue weighted by Gasteiger charge is 2.08. The molecule has 0 fully saturated rings. The van der Waals surface area contributed by atoms with Gasteiger partial charge in [-0.05, 0) is 78.1 Å². The van der Waals surface area contributed by atoms with E-state index in [-0.39, 0.29) is 0 Å². The van der Waals surface area contributed by atoms with Gasteiger partial charge in [0.15, 0.2) is 0 Å². The Balaban J connectivity index is 0.000000325. The summed E-state index contributed by atoms with van der Waals surface area (Å²) in [6.07, 6.45) is 24.9. The Morgan fingerprint density at radius 1 is 0.356 bits per heavy atom. The number of hydrogen-bond acceptors (Lipinski definition) is 1. The van der Waals surface area contributed by atoms with Crippen molar-refractivity contribution in [2.75, 3.05) is 0 Å². The zero-order valence-corrected chi connectivity index (χ0v) is 29.0. The monoisotopic (exact) mass is 606 g/mol. The Hall–Kier alpha value is -3.06. The van der Waals surface area contributed by atoms with E-state index < -0.39 is 0 Å². The lowest BCUT2D eigenvalue weighted by atomic mass is 10.0. The van der Waals surface area contributed by atoms with E-state index in [0.29, 0.717) is 0 Å². The van der Waals surface area contributed by atoms with Crippen molar-refractivity contribution in [1.29, 1.82) is 0 Å². The largest absolute Gasteiger partial charge is 0.457 e. The Morgan fingerprint density at radius 3 is 1.31 bits per heavy atom. The highest BCUT2D eigenvalue weighted by molar-refractivity contribution is 5.85. The summed E-state index contributed by atoms with van der Waals surface area (Å²) in [7, 11) is 0. The fourth-order valence-corrected chi connectivity index (χ4v) is 6.16. The second-order valence-corrected chi connectivity index (χ2v) is 12.8. The van der Waals surface area contributed by atoms with Crippen molar-refractivity contribution in [3.63, 3.8) is 0 Å². The maximum absolute atomic E-state index is 6.46. The average molecular weight is 607 g/mol. The Labute approximate surface area is 276 Å². The molecule has 0 saturated carbocycles. The number of unbranched alkanes of at least 4 members (excludes halogenated alkanes) is 13. The zero-order valence-electron chi connectivity index (χ0n) is 29.0. The van der Waals surface area contributed by atoms with Crippen LogP contribution in [0.25, 0.3) is 10.8 Å². The minimum Gasteiger partial charge on any atom is -0.457 e. The number of ether oxygens (including phenoxy) is 1. The van der Waals surface area contributed by atoms with E-state index in [0.717, 1.165) is 24.3 Å². The van der Waals surface area contributed by atoms with Crippen LogP contribution in [0.2, 0.25) is 0 Å². The van der Waals surface area contributed by atoms with Crippen LogP contribution in [0, 0.1) is 0 Å². The van der Waals surface area contributed by atoms with E-state index in [1.807, 2.05) is 0 Å². The van der Waals surface area contributed by atoms with Crippen molar-refractivity contribution in [1.82, 2.24) is 0 Å². The molecule has 4 aromatic rings. The fraction of sp³-hybridized carbons (Fsp3) is 0.500. The van der Waals surface area contributed by atoms with Crippen LogP contribution in [0.15, 0.2) is 91.0 Å². The van der Waals surface area contributed by atoms with E-state index >= 15 is 0 Å². The van der Waals surface area contributed by atoms with Crippen molar-refractivity contribution in [2.24, 2.45) is 0 Å². The van der Waals surface area contributed by atoms with Crippen LogP contribution in [-0.2, 0) is 19.3 Å². The number of hydrogen-bond donors (Lipinski definition) is 0. The van der Waals surface area contributed by atoms with Crippen molar-refractivity contribution >= 4 is 10.8 Å². The van der Waals surface area contributed by atoms with Crippen LogP contribution in [0.5, 0.6) is 11.5 Å². The summed E-state index contributed by atoms with van der Waals surface area (Å²) in [5.74, 6) is 2.08. The van der Waals surface area contributed by atoms with Gasteiger partial charge in [-0.25, -0.2) is 0 Å². The van der Waals surface area contributed by atoms with Gasteiger partial charge in [0.25, 0.3) is 0 Å². The molecule has 4 rings (SSSR count). The van der Waals surface area contributed by atoms with Crippen LogP contribution < -0.4 is 4.74 Å². The van der Waals surface area contributed by atoms with Crippen molar-refractivity contribution in [3.05, 3.63) is 108 Å². The topological polar surface area (TPSA) is 9.23 Å². The van der Waals surface area contributed by atoms with Crippen LogP contribution >= 0.6 is 0 Å². The second-order valence-electron chi connectivity index (χ2n) is 12.8. The van der Waals surface area contributed by atoms with E-state index in [4.69, 9.17) is 4.74 Å². The summed E-state index contributed by atoms with van der Waals surface area (Å²) in [4.78, 5) is 0. The fourth-order valence-electron chi connectivity index (χ4n) is 6.16. The number of rotatable bonds is 21. The third-order valence-electron chi connectivity index (χ3n) is 8.94. The van der Waals surface area contributed by atoms with Gasteiger partial charge in [0.2, 0.25) is 0 Å². The first kappa shape index (κ1) is 36.4. The van der Waals surface area contributed by atoms with Gasteiger partial charge >= 0.3 is 0 Å². The van der Waals surface area contributed by atoms with Crippen molar-refractivity contribution < 1.29 is 4.74 Å². The molecular weight excluding hydrogens is 544 g/mol. The first-order chi connectivity index (χ1) is 22.3. The predicted molar refractivity (Wildman–Crippen MR) is 199 cm³/mol. The highest BCUT2D eigenvalue weighted by atomic mass is 16.5. The molecule has 0 aliphatic carbocycles. The molecular formula is C44H62O. The molecule has 0 heterocycles. The standard InChI is InChI=1S/C30H46O.C14H16/c1-3-5-7-9-11-13-15-21-27-23-17-19-25-29(27)31-30-26-20-18-24-28(30)22-16-14-12-10-8-6-4-2;1-2-3-7-12-9-6-10-13-8-4-5-11-14(12)13/h17-20,23-26H,3-16,21-22H2,1-2H3;4-6,8-11H,2-3,7H2,1H3. The molecule has 0 aliphatic heterocycles. The SMILES string of the molecule is CCCCCCCCCc1ccccc1Oc1ccccc1CCCCCCCCC.CCCCc1cccc2ccccc12. The number of benzene rings is 4. The van der Waals surface area contributed by atoms with E-state index in [9.17, 15) is 0 Å². The molecule has 0 aliphatic rings. The van der Waals surface area contributed by atoms with Gasteiger partial charge in [0, 0.05) is 0 Å². The lowest BCUT2D eigenvalue weighted by molar-refractivity contribution is 0.466. The third kappa shape index (κ3) is 14.3. The predicted octanol–water partition coefficient (Wildman–Crippen LogP) is 14.2. The van der Waals surface area contributed by atoms with Gasteiger partial charge in [0.1, 0.15) is 11.5 Å². The maximum atomic E-state index is 6.46. The molecule has 0 unspecified atom stereocenters. The summed E-state index contributed by atoms with van der Waals surface area (Å²) in [6.45, 7) is 6.80. The number of fused-ring (bicyclic) bond motifs is 1. The Kier molecular flexibility index (Phi) is 18.9. The summed E-state index contributed by atoms with van der Waals surface area (Å²) in [5, 5.41) is 2.78. The number of aryl methyl sites for hydroxylation is 3. The molecule has 0 spiro atoms. The van der Waals surface area contributed by atoms with Crippen molar-refractivity contribution in [3.8, 4) is 11.5 Å². The summed E-state index contributed by atoms with van der Waals surface area (Å²) >= 11 is 0. The van der Waals surface area contributed by atoms with Crippen LogP contribution in [0.4, 0.5) is 0 Å². The molecule has 0 atom stereocenters. The molecule has 1 nitrogen and oxygen atoms in total. The van der Waals surface area contributed by atoms with Gasteiger partial charge in [-0.15, -0.1) is 0 Å². The Bertz CT molecular complexity index is 1240.